The average molecular weight is 719 g/mol. The van der Waals surface area contributed by atoms with Gasteiger partial charge in [0.05, 0.1) is 39.7 Å². The Hall–Kier alpha value is -2.53. The van der Waals surface area contributed by atoms with Crippen LogP contribution in [0.2, 0.25) is 0 Å². The Morgan fingerprint density at radius 3 is 2.60 bits per heavy atom. The summed E-state index contributed by atoms with van der Waals surface area (Å²) in [5.41, 5.74) is 6.35. The molecule has 4 unspecified atom stereocenters. The highest BCUT2D eigenvalue weighted by atomic mass is 32.2. The SMILES string of the molecule is C/C=C\C=C/Cc1ccc2c(c1)N(CC)C(CC(CC)CC1Sc3ccc(-c4cccc5ccsc45)cc3[N+]1(C)CCCS(=O)(=O)[O-])S2. The first kappa shape index (κ1) is 35.3. The summed E-state index contributed by atoms with van der Waals surface area (Å²) in [6.45, 7) is 8.20. The molecule has 4 aromatic rings. The van der Waals surface area contributed by atoms with Crippen molar-refractivity contribution in [1.29, 1.82) is 0 Å². The Bertz CT molecular complexity index is 1920. The topological polar surface area (TPSA) is 60.4 Å². The zero-order valence-corrected chi connectivity index (χ0v) is 31.6. The summed E-state index contributed by atoms with van der Waals surface area (Å²) in [5, 5.41) is 4.02. The number of hydrogen-bond donors (Lipinski definition) is 0. The normalized spacial score (nSPS) is 21.5. The summed E-state index contributed by atoms with van der Waals surface area (Å²) in [7, 11) is -2.02. The molecule has 9 heteroatoms. The highest BCUT2D eigenvalue weighted by Gasteiger charge is 2.45. The van der Waals surface area contributed by atoms with Gasteiger partial charge in [0.15, 0.2) is 0 Å². The lowest BCUT2D eigenvalue weighted by atomic mass is 9.96. The fourth-order valence-corrected chi connectivity index (χ4v) is 11.8. The molecule has 5 nitrogen and oxygen atoms in total. The van der Waals surface area contributed by atoms with Gasteiger partial charge in [-0.1, -0.05) is 91.5 Å². The molecular weight excluding hydrogens is 673 g/mol. The third-order valence-corrected chi connectivity index (χ3v) is 14.5. The molecule has 2 aliphatic heterocycles. The van der Waals surface area contributed by atoms with Crippen LogP contribution in [0.4, 0.5) is 11.4 Å². The van der Waals surface area contributed by atoms with Crippen LogP contribution in [0.3, 0.4) is 0 Å². The van der Waals surface area contributed by atoms with E-state index in [1.165, 1.54) is 47.9 Å². The van der Waals surface area contributed by atoms with E-state index in [4.69, 9.17) is 0 Å². The monoisotopic (exact) mass is 718 g/mol. The molecule has 254 valence electrons. The maximum absolute atomic E-state index is 11.7. The van der Waals surface area contributed by atoms with Gasteiger partial charge >= 0.3 is 0 Å². The summed E-state index contributed by atoms with van der Waals surface area (Å²) < 4.78 is 36.9. The summed E-state index contributed by atoms with van der Waals surface area (Å²) in [6.07, 6.45) is 12.9. The first-order chi connectivity index (χ1) is 23.1. The van der Waals surface area contributed by atoms with E-state index in [0.717, 1.165) is 32.2 Å². The van der Waals surface area contributed by atoms with Crippen LogP contribution < -0.4 is 9.38 Å². The van der Waals surface area contributed by atoms with E-state index in [2.05, 4.69) is 116 Å². The van der Waals surface area contributed by atoms with E-state index in [-0.39, 0.29) is 11.1 Å². The first-order valence-electron chi connectivity index (χ1n) is 17.0. The molecule has 0 saturated carbocycles. The molecule has 1 aromatic heterocycles. The van der Waals surface area contributed by atoms with Crippen LogP contribution in [0.5, 0.6) is 0 Å². The van der Waals surface area contributed by atoms with Crippen LogP contribution in [0.25, 0.3) is 21.2 Å². The van der Waals surface area contributed by atoms with Gasteiger partial charge < -0.3 is 9.45 Å². The zero-order valence-electron chi connectivity index (χ0n) is 28.3. The van der Waals surface area contributed by atoms with Crippen molar-refractivity contribution >= 4 is 66.4 Å². The second-order valence-corrected chi connectivity index (χ2v) is 17.9. The number of anilines is 1. The Balaban J connectivity index is 1.24. The van der Waals surface area contributed by atoms with Crippen molar-refractivity contribution in [2.75, 3.05) is 30.8 Å². The predicted molar refractivity (Wildman–Crippen MR) is 208 cm³/mol. The van der Waals surface area contributed by atoms with E-state index >= 15 is 0 Å². The quantitative estimate of drug-likeness (QED) is 0.0735. The van der Waals surface area contributed by atoms with Gasteiger partial charge in [-0.05, 0) is 84.3 Å². The number of allylic oxidation sites excluding steroid dienone is 4. The highest BCUT2D eigenvalue weighted by Crippen LogP contribution is 2.53. The Morgan fingerprint density at radius 1 is 1.00 bits per heavy atom. The van der Waals surface area contributed by atoms with Gasteiger partial charge in [0.25, 0.3) is 0 Å². The van der Waals surface area contributed by atoms with Crippen molar-refractivity contribution < 1.29 is 13.0 Å². The molecular formula is C39H46N2O3S4. The minimum Gasteiger partial charge on any atom is -0.748 e. The smallest absolute Gasteiger partial charge is 0.148 e. The number of nitrogens with zero attached hydrogens (tertiary/aromatic N) is 2. The van der Waals surface area contributed by atoms with E-state index in [9.17, 15) is 13.0 Å². The first-order valence-corrected chi connectivity index (χ1v) is 21.3. The van der Waals surface area contributed by atoms with Crippen molar-refractivity contribution in [1.82, 2.24) is 4.48 Å². The van der Waals surface area contributed by atoms with Gasteiger partial charge in [-0.25, -0.2) is 8.42 Å². The van der Waals surface area contributed by atoms with Gasteiger partial charge in [-0.15, -0.1) is 11.3 Å². The Labute approximate surface area is 299 Å². The van der Waals surface area contributed by atoms with E-state index in [1.54, 1.807) is 11.3 Å². The fourth-order valence-electron chi connectivity index (χ4n) is 7.26. The average Bonchev–Trinajstić information content (AvgIpc) is 3.76. The number of thioether (sulfide) groups is 2. The minimum atomic E-state index is -4.28. The van der Waals surface area contributed by atoms with Crippen molar-refractivity contribution in [3.63, 3.8) is 0 Å². The molecule has 4 atom stereocenters. The van der Waals surface area contributed by atoms with Crippen LogP contribution in [-0.2, 0) is 16.5 Å². The van der Waals surface area contributed by atoms with Crippen molar-refractivity contribution in [3.05, 3.63) is 95.9 Å². The molecule has 0 amide bonds. The molecule has 48 heavy (non-hydrogen) atoms. The Morgan fingerprint density at radius 2 is 1.83 bits per heavy atom. The summed E-state index contributed by atoms with van der Waals surface area (Å²) >= 11 is 5.70. The molecule has 0 spiro atoms. The third-order valence-electron chi connectivity index (χ3n) is 9.94. The molecule has 3 heterocycles. The fraction of sp³-hybridized carbons (Fsp3) is 0.385. The largest absolute Gasteiger partial charge is 0.748 e. The predicted octanol–water partition coefficient (Wildman–Crippen LogP) is 10.3. The number of benzene rings is 3. The minimum absolute atomic E-state index is 0.242. The third kappa shape index (κ3) is 7.62. The molecule has 0 fully saturated rings. The van der Waals surface area contributed by atoms with E-state index < -0.39 is 10.1 Å². The van der Waals surface area contributed by atoms with Crippen LogP contribution in [0.15, 0.2) is 100 Å². The van der Waals surface area contributed by atoms with Gasteiger partial charge in [0.2, 0.25) is 0 Å². The second-order valence-electron chi connectivity index (χ2n) is 13.1. The van der Waals surface area contributed by atoms with Gasteiger partial charge in [0, 0.05) is 40.8 Å². The van der Waals surface area contributed by atoms with Crippen LogP contribution in [0.1, 0.15) is 52.0 Å². The van der Waals surface area contributed by atoms with Gasteiger partial charge in [0.1, 0.15) is 11.1 Å². The van der Waals surface area contributed by atoms with Gasteiger partial charge in [-0.2, -0.15) is 0 Å². The summed E-state index contributed by atoms with van der Waals surface area (Å²) in [4.78, 5) is 5.22. The van der Waals surface area contributed by atoms with Crippen molar-refractivity contribution in [2.24, 2.45) is 5.92 Å². The molecule has 6 rings (SSSR count). The number of quaternary nitrogens is 1. The number of thiophene rings is 1. The lowest BCUT2D eigenvalue weighted by Crippen LogP contribution is -2.51. The summed E-state index contributed by atoms with van der Waals surface area (Å²) in [5.74, 6) is 0.176. The highest BCUT2D eigenvalue weighted by molar-refractivity contribution is 8.00. The van der Waals surface area contributed by atoms with Gasteiger partial charge in [-0.3, -0.25) is 4.48 Å². The van der Waals surface area contributed by atoms with Crippen molar-refractivity contribution in [3.8, 4) is 11.1 Å². The lowest BCUT2D eigenvalue weighted by Gasteiger charge is -2.38. The van der Waals surface area contributed by atoms with E-state index in [0.29, 0.717) is 28.7 Å². The van der Waals surface area contributed by atoms with Crippen LogP contribution >= 0.6 is 34.9 Å². The van der Waals surface area contributed by atoms with Crippen molar-refractivity contribution in [2.45, 2.75) is 73.4 Å². The standard InChI is InChI=1S/C39H46N2O3S4/c1-5-8-9-10-13-29-16-18-35-33(24-29)40(7-3)37(46-35)25-28(6-2)26-38-41(4,21-12-23-48(42,43)44)34-27-31(17-19-36(34)47-38)32-15-11-14-30-20-22-45-39(30)32/h5,8-11,14-20,22,24,27-28,37-38H,6-7,12-13,21,23,25-26H2,1-4H3/b8-5-,10-9-. The number of rotatable bonds is 14. The van der Waals surface area contributed by atoms with Crippen LogP contribution in [0, 0.1) is 5.92 Å². The second kappa shape index (κ2) is 15.2. The molecule has 0 radical (unpaired) electrons. The van der Waals surface area contributed by atoms with E-state index in [1.807, 2.05) is 30.4 Å². The Kier molecular flexibility index (Phi) is 11.1. The molecule has 0 bridgehead atoms. The lowest BCUT2D eigenvalue weighted by molar-refractivity contribution is 0.267. The van der Waals surface area contributed by atoms with Crippen LogP contribution in [-0.4, -0.2) is 49.6 Å². The maximum Gasteiger partial charge on any atom is 0.148 e. The maximum atomic E-state index is 11.7. The number of fused-ring (bicyclic) bond motifs is 3. The molecule has 0 saturated heterocycles. The number of hydrogen-bond acceptors (Lipinski definition) is 7. The molecule has 0 N–H and O–H groups in total. The zero-order chi connectivity index (χ0) is 33.9. The molecule has 0 aliphatic carbocycles. The molecule has 3 aromatic carbocycles. The molecule has 2 aliphatic rings. The summed E-state index contributed by atoms with van der Waals surface area (Å²) in [6, 6.07) is 22.4.